The van der Waals surface area contributed by atoms with Gasteiger partial charge in [-0.05, 0) is 42.2 Å². The highest BCUT2D eigenvalue weighted by molar-refractivity contribution is 6.76. The Kier molecular flexibility index (Phi) is 3.66. The summed E-state index contributed by atoms with van der Waals surface area (Å²) in [6.07, 6.45) is 6.22. The molecule has 110 valence electrons. The van der Waals surface area contributed by atoms with E-state index in [1.54, 1.807) is 24.3 Å². The Bertz CT molecular complexity index is 679. The van der Waals surface area contributed by atoms with Crippen LogP contribution in [0, 0.1) is 0 Å². The normalized spacial score (nSPS) is 18.9. The molecule has 0 aromatic heterocycles. The molecule has 0 saturated carbocycles. The molecule has 0 amide bonds. The van der Waals surface area contributed by atoms with Crippen molar-refractivity contribution in [2.75, 3.05) is 0 Å². The van der Waals surface area contributed by atoms with E-state index in [0.717, 1.165) is 19.3 Å². The second-order valence-corrected chi connectivity index (χ2v) is 5.29. The topological polar surface area (TPSA) is 9.23 Å². The van der Waals surface area contributed by atoms with Crippen LogP contribution in [0.15, 0.2) is 48.6 Å². The molecule has 2 aromatic rings. The van der Waals surface area contributed by atoms with Gasteiger partial charge in [-0.15, -0.1) is 0 Å². The quantitative estimate of drug-likeness (QED) is 0.602. The van der Waals surface area contributed by atoms with Gasteiger partial charge in [0.2, 0.25) is 0 Å². The van der Waals surface area contributed by atoms with E-state index in [-0.39, 0.29) is 17.2 Å². The number of halogens is 3. The lowest BCUT2D eigenvalue weighted by Gasteiger charge is -2.26. The Labute approximate surface area is 121 Å². The molecule has 21 heavy (non-hydrogen) atoms. The van der Waals surface area contributed by atoms with E-state index in [2.05, 4.69) is 0 Å². The smallest absolute Gasteiger partial charge is 0.489 e. The first-order valence-electron chi connectivity index (χ1n) is 7.10. The van der Waals surface area contributed by atoms with E-state index < -0.39 is 12.4 Å². The number of allylic oxidation sites excluding steroid dienone is 1. The number of fused-ring (bicyclic) bond motifs is 1. The molecule has 5 heteroatoms. The molecule has 2 aromatic carbocycles. The Balaban J connectivity index is 2.08. The van der Waals surface area contributed by atoms with Crippen molar-refractivity contribution in [1.29, 1.82) is 0 Å². The van der Waals surface area contributed by atoms with Crippen LogP contribution in [-0.4, -0.2) is 13.1 Å². The van der Waals surface area contributed by atoms with E-state index in [4.69, 9.17) is 4.74 Å². The van der Waals surface area contributed by atoms with Crippen molar-refractivity contribution in [3.8, 4) is 5.75 Å². The van der Waals surface area contributed by atoms with Gasteiger partial charge in [0.1, 0.15) is 6.10 Å². The van der Waals surface area contributed by atoms with Crippen molar-refractivity contribution in [2.45, 2.75) is 25.4 Å². The van der Waals surface area contributed by atoms with Gasteiger partial charge in [0, 0.05) is 0 Å². The number of hydrogen-bond donors (Lipinski definition) is 0. The molecule has 0 saturated heterocycles. The van der Waals surface area contributed by atoms with Gasteiger partial charge in [0.25, 0.3) is 0 Å². The molecule has 1 unspecified atom stereocenters. The predicted octanol–water partition coefficient (Wildman–Crippen LogP) is 4.38. The first-order valence-corrected chi connectivity index (χ1v) is 7.10. The molecular formula is C16H15BF3O-. The summed E-state index contributed by atoms with van der Waals surface area (Å²) in [5.74, 6) is -0.0576. The molecule has 0 N–H and O–H groups in total. The third-order valence-corrected chi connectivity index (χ3v) is 3.75. The van der Waals surface area contributed by atoms with Gasteiger partial charge < -0.3 is 17.7 Å². The Morgan fingerprint density at radius 3 is 2.57 bits per heavy atom. The highest BCUT2D eigenvalue weighted by Gasteiger charge is 2.32. The fraction of sp³-hybridized carbons (Fsp3) is 0.250. The number of rotatable bonds is 3. The summed E-state index contributed by atoms with van der Waals surface area (Å²) in [5, 5.41) is 0.792. The van der Waals surface area contributed by atoms with E-state index >= 15 is 0 Å². The van der Waals surface area contributed by atoms with Gasteiger partial charge in [-0.3, -0.25) is 0 Å². The van der Waals surface area contributed by atoms with E-state index in [1.165, 1.54) is 12.1 Å². The van der Waals surface area contributed by atoms with Crippen molar-refractivity contribution < 1.29 is 17.7 Å². The van der Waals surface area contributed by atoms with Crippen LogP contribution >= 0.6 is 0 Å². The molecule has 0 fully saturated rings. The number of ether oxygens (including phenoxy) is 1. The predicted molar refractivity (Wildman–Crippen MR) is 80.1 cm³/mol. The molecular weight excluding hydrogens is 276 g/mol. The van der Waals surface area contributed by atoms with Crippen LogP contribution in [0.1, 0.15) is 19.3 Å². The van der Waals surface area contributed by atoms with Gasteiger partial charge in [-0.1, -0.05) is 41.9 Å². The summed E-state index contributed by atoms with van der Waals surface area (Å²) in [4.78, 5) is 0. The lowest BCUT2D eigenvalue weighted by molar-refractivity contribution is 0.231. The summed E-state index contributed by atoms with van der Waals surface area (Å²) < 4.78 is 46.1. The number of hydrogen-bond acceptors (Lipinski definition) is 1. The Morgan fingerprint density at radius 2 is 1.86 bits per heavy atom. The summed E-state index contributed by atoms with van der Waals surface area (Å²) in [6, 6.07) is 9.67. The average Bonchev–Trinajstić information content (AvgIpc) is 2.47. The molecule has 1 aliphatic rings. The maximum Gasteiger partial charge on any atom is 0.513 e. The largest absolute Gasteiger partial charge is 0.513 e. The molecule has 0 aliphatic heterocycles. The third kappa shape index (κ3) is 2.92. The van der Waals surface area contributed by atoms with Crippen molar-refractivity contribution in [2.24, 2.45) is 0 Å². The second-order valence-electron chi connectivity index (χ2n) is 5.29. The first-order chi connectivity index (χ1) is 10.1. The van der Waals surface area contributed by atoms with Crippen LogP contribution in [0.25, 0.3) is 10.8 Å². The minimum absolute atomic E-state index is 0.0576. The van der Waals surface area contributed by atoms with Gasteiger partial charge in [-0.2, -0.15) is 0 Å². The van der Waals surface area contributed by atoms with Gasteiger partial charge >= 0.3 is 6.98 Å². The highest BCUT2D eigenvalue weighted by Crippen LogP contribution is 2.27. The monoisotopic (exact) mass is 291 g/mol. The second kappa shape index (κ2) is 5.47. The third-order valence-electron chi connectivity index (χ3n) is 3.75. The fourth-order valence-electron chi connectivity index (χ4n) is 2.76. The molecule has 1 nitrogen and oxygen atoms in total. The SMILES string of the molecule is F[B-](F)(F)c1c(OC2C=CCCC2)ccc2ccccc12. The molecule has 0 heterocycles. The van der Waals surface area contributed by atoms with E-state index in [0.29, 0.717) is 5.39 Å². The zero-order valence-electron chi connectivity index (χ0n) is 11.4. The fourth-order valence-corrected chi connectivity index (χ4v) is 2.76. The minimum Gasteiger partial charge on any atom is -0.489 e. The van der Waals surface area contributed by atoms with Crippen LogP contribution in [0.5, 0.6) is 5.75 Å². The number of benzene rings is 2. The summed E-state index contributed by atoms with van der Waals surface area (Å²) in [5.41, 5.74) is -0.618. The van der Waals surface area contributed by atoms with Crippen LogP contribution in [0.2, 0.25) is 0 Å². The lowest BCUT2D eigenvalue weighted by atomic mass is 9.76. The molecule has 1 atom stereocenters. The summed E-state index contributed by atoms with van der Waals surface area (Å²) in [7, 11) is 0. The maximum absolute atomic E-state index is 13.5. The lowest BCUT2D eigenvalue weighted by Crippen LogP contribution is -2.37. The molecule has 0 bridgehead atoms. The van der Waals surface area contributed by atoms with Crippen LogP contribution in [0.4, 0.5) is 12.9 Å². The zero-order chi connectivity index (χ0) is 14.9. The Morgan fingerprint density at radius 1 is 1.05 bits per heavy atom. The van der Waals surface area contributed by atoms with Crippen LogP contribution in [-0.2, 0) is 0 Å². The zero-order valence-corrected chi connectivity index (χ0v) is 11.4. The van der Waals surface area contributed by atoms with Crippen LogP contribution in [0.3, 0.4) is 0 Å². The summed E-state index contributed by atoms with van der Waals surface area (Å²) in [6.45, 7) is -5.13. The minimum atomic E-state index is -5.13. The molecule has 0 spiro atoms. The Hall–Kier alpha value is -1.91. The van der Waals surface area contributed by atoms with Gasteiger partial charge in [0.05, 0.1) is 5.75 Å². The van der Waals surface area contributed by atoms with Crippen LogP contribution < -0.4 is 10.2 Å². The molecule has 3 rings (SSSR count). The highest BCUT2D eigenvalue weighted by atomic mass is 19.4. The molecule has 0 radical (unpaired) electrons. The van der Waals surface area contributed by atoms with Gasteiger partial charge in [0.15, 0.2) is 0 Å². The maximum atomic E-state index is 13.5. The van der Waals surface area contributed by atoms with Crippen molar-refractivity contribution in [1.82, 2.24) is 0 Å². The first kappa shape index (κ1) is 14.0. The van der Waals surface area contributed by atoms with E-state index in [9.17, 15) is 12.9 Å². The van der Waals surface area contributed by atoms with Gasteiger partial charge in [-0.25, -0.2) is 0 Å². The summed E-state index contributed by atoms with van der Waals surface area (Å²) >= 11 is 0. The molecule has 1 aliphatic carbocycles. The average molecular weight is 291 g/mol. The van der Waals surface area contributed by atoms with Crippen molar-refractivity contribution in [3.63, 3.8) is 0 Å². The van der Waals surface area contributed by atoms with Crippen molar-refractivity contribution >= 4 is 23.2 Å². The van der Waals surface area contributed by atoms with Crippen molar-refractivity contribution in [3.05, 3.63) is 48.6 Å². The standard InChI is InChI=1S/C16H15BF3O/c18-17(19,20)16-14-9-5-4-6-12(14)10-11-15(16)21-13-7-2-1-3-8-13/h2,4-7,9-11,13H,1,3,8H2/q-1. The van der Waals surface area contributed by atoms with E-state index in [1.807, 2.05) is 12.2 Å².